The van der Waals surface area contributed by atoms with Gasteiger partial charge in [-0.2, -0.15) is 10.2 Å². The first-order chi connectivity index (χ1) is 12.9. The highest BCUT2D eigenvalue weighted by Gasteiger charge is 2.40. The van der Waals surface area contributed by atoms with Gasteiger partial charge in [-0.25, -0.2) is 23.1 Å². The number of fused-ring (bicyclic) bond motifs is 1. The van der Waals surface area contributed by atoms with Gasteiger partial charge < -0.3 is 10.8 Å². The van der Waals surface area contributed by atoms with Crippen molar-refractivity contribution in [1.29, 1.82) is 0 Å². The molecule has 0 fully saturated rings. The topological polar surface area (TPSA) is 94.8 Å². The quantitative estimate of drug-likeness (QED) is 0.538. The molecule has 2 heterocycles. The van der Waals surface area contributed by atoms with E-state index in [9.17, 15) is 13.9 Å². The molecule has 2 atom stereocenters. The zero-order valence-corrected chi connectivity index (χ0v) is 14.3. The molecule has 0 radical (unpaired) electrons. The summed E-state index contributed by atoms with van der Waals surface area (Å²) in [6, 6.07) is 8.23. The first-order valence-corrected chi connectivity index (χ1v) is 8.12. The van der Waals surface area contributed by atoms with Crippen molar-refractivity contribution in [2.24, 2.45) is 0 Å². The van der Waals surface area contributed by atoms with E-state index in [1.54, 1.807) is 24.4 Å². The fourth-order valence-electron chi connectivity index (χ4n) is 3.20. The number of hydrogen-bond donors (Lipinski definition) is 2. The molecule has 0 aliphatic carbocycles. The average Bonchev–Trinajstić information content (AvgIpc) is 3.24. The number of nitrogens with zero attached hydrogens (tertiary/aromatic N) is 5. The summed E-state index contributed by atoms with van der Waals surface area (Å²) < 4.78 is 30.6. The van der Waals surface area contributed by atoms with E-state index in [0.29, 0.717) is 11.2 Å². The molecule has 2 aromatic heterocycles. The number of halogens is 2. The molecule has 138 valence electrons. The van der Waals surface area contributed by atoms with Crippen LogP contribution in [-0.2, 0) is 5.60 Å². The van der Waals surface area contributed by atoms with Crippen LogP contribution < -0.4 is 5.73 Å². The largest absolute Gasteiger partial charge is 0.399 e. The van der Waals surface area contributed by atoms with Crippen LogP contribution in [0.1, 0.15) is 18.7 Å². The van der Waals surface area contributed by atoms with Crippen LogP contribution in [0, 0.1) is 11.6 Å². The molecule has 4 rings (SSSR count). The van der Waals surface area contributed by atoms with Crippen LogP contribution >= 0.6 is 0 Å². The van der Waals surface area contributed by atoms with Crippen molar-refractivity contribution in [3.63, 3.8) is 0 Å². The lowest BCUT2D eigenvalue weighted by Crippen LogP contribution is -2.40. The number of nitrogen functional groups attached to an aromatic ring is 1. The summed E-state index contributed by atoms with van der Waals surface area (Å²) in [5.41, 5.74) is 5.04. The van der Waals surface area contributed by atoms with Gasteiger partial charge >= 0.3 is 0 Å². The van der Waals surface area contributed by atoms with Crippen LogP contribution in [0.5, 0.6) is 0 Å². The molecule has 0 spiro atoms. The molecule has 27 heavy (non-hydrogen) atoms. The van der Waals surface area contributed by atoms with Gasteiger partial charge in [0.1, 0.15) is 29.9 Å². The maximum Gasteiger partial charge on any atom is 0.177 e. The van der Waals surface area contributed by atoms with Crippen LogP contribution in [0.4, 0.5) is 14.5 Å². The van der Waals surface area contributed by atoms with Crippen molar-refractivity contribution in [1.82, 2.24) is 24.5 Å². The highest BCUT2D eigenvalue weighted by atomic mass is 19.1. The minimum absolute atomic E-state index is 0.0940. The van der Waals surface area contributed by atoms with Gasteiger partial charge in [0, 0.05) is 28.9 Å². The second-order valence-electron chi connectivity index (χ2n) is 6.45. The van der Waals surface area contributed by atoms with Gasteiger partial charge in [0.15, 0.2) is 6.17 Å². The lowest BCUT2D eigenvalue weighted by Gasteiger charge is -2.33. The van der Waals surface area contributed by atoms with Crippen molar-refractivity contribution in [2.75, 3.05) is 5.73 Å². The van der Waals surface area contributed by atoms with E-state index in [-0.39, 0.29) is 5.56 Å². The fraction of sp³-hybridized carbons (Fsp3) is 0.167. The molecule has 0 aliphatic heterocycles. The van der Waals surface area contributed by atoms with Gasteiger partial charge in [0.05, 0.1) is 5.52 Å². The van der Waals surface area contributed by atoms with Crippen LogP contribution in [0.25, 0.3) is 10.9 Å². The highest BCUT2D eigenvalue weighted by Crippen LogP contribution is 2.36. The molecule has 2 unspecified atom stereocenters. The average molecular weight is 370 g/mol. The first-order valence-electron chi connectivity index (χ1n) is 8.12. The predicted molar refractivity (Wildman–Crippen MR) is 94.5 cm³/mol. The monoisotopic (exact) mass is 370 g/mol. The van der Waals surface area contributed by atoms with Crippen molar-refractivity contribution in [3.8, 4) is 0 Å². The van der Waals surface area contributed by atoms with E-state index < -0.39 is 23.4 Å². The van der Waals surface area contributed by atoms with Crippen molar-refractivity contribution < 1.29 is 13.9 Å². The third-order valence-electron chi connectivity index (χ3n) is 4.47. The molecular formula is C18H16F2N6O. The van der Waals surface area contributed by atoms with Crippen molar-refractivity contribution in [2.45, 2.75) is 18.7 Å². The Morgan fingerprint density at radius 3 is 2.67 bits per heavy atom. The Morgan fingerprint density at radius 2 is 1.96 bits per heavy atom. The Morgan fingerprint density at radius 1 is 1.15 bits per heavy atom. The molecule has 0 aliphatic rings. The van der Waals surface area contributed by atoms with Crippen molar-refractivity contribution in [3.05, 3.63) is 72.4 Å². The molecule has 3 N–H and O–H groups in total. The lowest BCUT2D eigenvalue weighted by molar-refractivity contribution is -0.0249. The minimum atomic E-state index is -1.82. The van der Waals surface area contributed by atoms with Gasteiger partial charge in [0.25, 0.3) is 0 Å². The normalized spacial score (nSPS) is 15.0. The van der Waals surface area contributed by atoms with E-state index in [4.69, 9.17) is 5.73 Å². The van der Waals surface area contributed by atoms with Crippen LogP contribution in [0.2, 0.25) is 0 Å². The lowest BCUT2D eigenvalue weighted by atomic mass is 9.92. The van der Waals surface area contributed by atoms with Crippen LogP contribution in [0.3, 0.4) is 0 Å². The molecule has 7 nitrogen and oxygen atoms in total. The molecule has 4 aromatic rings. The number of aliphatic hydroxyl groups is 1. The summed E-state index contributed by atoms with van der Waals surface area (Å²) in [7, 11) is 0. The van der Waals surface area contributed by atoms with Crippen LogP contribution in [0.15, 0.2) is 55.2 Å². The van der Waals surface area contributed by atoms with Gasteiger partial charge in [-0.1, -0.05) is 6.07 Å². The van der Waals surface area contributed by atoms with Crippen LogP contribution in [-0.4, -0.2) is 29.7 Å². The molecule has 0 amide bonds. The number of nitrogens with two attached hydrogens (primary N) is 1. The molecule has 0 saturated heterocycles. The second-order valence-corrected chi connectivity index (χ2v) is 6.45. The summed E-state index contributed by atoms with van der Waals surface area (Å²) in [4.78, 5) is 3.91. The van der Waals surface area contributed by atoms with Crippen molar-refractivity contribution >= 4 is 16.6 Å². The molecular weight excluding hydrogens is 354 g/mol. The minimum Gasteiger partial charge on any atom is -0.399 e. The smallest absolute Gasteiger partial charge is 0.177 e. The standard InChI is InChI=1S/C18H16F2N6O/c1-18(27,14-5-3-12(19)6-15(14)20)17(26-10-22-9-23-26)25-8-11-2-4-13(21)7-16(11)24-25/h2-10,17,27H,21H2,1H3. The SMILES string of the molecule is CC(O)(c1ccc(F)cc1F)C(n1cncn1)n1cc2ccc(N)cc2n1. The number of benzene rings is 2. The number of hydrogen-bond acceptors (Lipinski definition) is 5. The fourth-order valence-corrected chi connectivity index (χ4v) is 3.20. The van der Waals surface area contributed by atoms with Gasteiger partial charge in [-0.3, -0.25) is 0 Å². The Hall–Kier alpha value is -3.33. The molecule has 0 bridgehead atoms. The number of rotatable bonds is 4. The van der Waals surface area contributed by atoms with Gasteiger partial charge in [-0.15, -0.1) is 0 Å². The van der Waals surface area contributed by atoms with E-state index in [1.165, 1.54) is 35.0 Å². The maximum absolute atomic E-state index is 14.4. The number of aromatic nitrogens is 5. The zero-order valence-electron chi connectivity index (χ0n) is 14.3. The summed E-state index contributed by atoms with van der Waals surface area (Å²) >= 11 is 0. The molecule has 0 saturated carbocycles. The highest BCUT2D eigenvalue weighted by molar-refractivity contribution is 5.81. The Balaban J connectivity index is 1.90. The van der Waals surface area contributed by atoms with E-state index in [2.05, 4.69) is 15.2 Å². The molecule has 2 aromatic carbocycles. The third kappa shape index (κ3) is 2.91. The van der Waals surface area contributed by atoms with Gasteiger partial charge in [-0.05, 0) is 31.2 Å². The second kappa shape index (κ2) is 6.13. The first kappa shape index (κ1) is 17.1. The Bertz CT molecular complexity index is 1110. The summed E-state index contributed by atoms with van der Waals surface area (Å²) in [6.07, 6.45) is 3.40. The van der Waals surface area contributed by atoms with Gasteiger partial charge in [0.2, 0.25) is 0 Å². The van der Waals surface area contributed by atoms with E-state index in [1.807, 2.05) is 0 Å². The predicted octanol–water partition coefficient (Wildman–Crippen LogP) is 2.44. The summed E-state index contributed by atoms with van der Waals surface area (Å²) in [5.74, 6) is -1.60. The number of anilines is 1. The Kier molecular flexibility index (Phi) is 3.88. The summed E-state index contributed by atoms with van der Waals surface area (Å²) in [5, 5.41) is 20.6. The van der Waals surface area contributed by atoms with E-state index >= 15 is 0 Å². The molecule has 9 heteroatoms. The maximum atomic E-state index is 14.4. The third-order valence-corrected chi connectivity index (χ3v) is 4.47. The summed E-state index contributed by atoms with van der Waals surface area (Å²) in [6.45, 7) is 1.41. The van der Waals surface area contributed by atoms with E-state index in [0.717, 1.165) is 17.5 Å². The zero-order chi connectivity index (χ0) is 19.2. The Labute approximate surface area is 152 Å².